The molecule has 0 radical (unpaired) electrons. The van der Waals surface area contributed by atoms with Crippen LogP contribution in [0.4, 0.5) is 0 Å². The van der Waals surface area contributed by atoms with E-state index in [0.29, 0.717) is 46.2 Å². The van der Waals surface area contributed by atoms with E-state index >= 15 is 0 Å². The van der Waals surface area contributed by atoms with Crippen LogP contribution in [0.15, 0.2) is 77.9 Å². The molecule has 0 saturated carbocycles. The van der Waals surface area contributed by atoms with Crippen molar-refractivity contribution in [2.45, 2.75) is 13.3 Å². The van der Waals surface area contributed by atoms with Gasteiger partial charge in [0, 0.05) is 43.9 Å². The fraction of sp³-hybridized carbons (Fsp3) is 0.233. The zero-order chi connectivity index (χ0) is 26.2. The summed E-state index contributed by atoms with van der Waals surface area (Å²) < 4.78 is 18.0. The number of rotatable bonds is 11. The molecule has 0 unspecified atom stereocenters. The first-order valence-electron chi connectivity index (χ1n) is 12.1. The second-order valence-corrected chi connectivity index (χ2v) is 8.68. The monoisotopic (exact) mass is 497 g/mol. The number of aromatic nitrogens is 1. The Balaban J connectivity index is 1.61. The number of ketones is 1. The third-order valence-corrected chi connectivity index (χ3v) is 5.85. The third kappa shape index (κ3) is 6.25. The highest BCUT2D eigenvalue weighted by molar-refractivity contribution is 6.11. The van der Waals surface area contributed by atoms with E-state index in [1.165, 1.54) is 0 Å². The molecule has 0 N–H and O–H groups in total. The first-order chi connectivity index (χ1) is 18.0. The maximum Gasteiger partial charge on any atom is 0.196 e. The van der Waals surface area contributed by atoms with E-state index < -0.39 is 0 Å². The second-order valence-electron chi connectivity index (χ2n) is 8.68. The lowest BCUT2D eigenvalue weighted by Crippen LogP contribution is -2.19. The van der Waals surface area contributed by atoms with Crippen LogP contribution < -0.4 is 14.2 Å². The van der Waals surface area contributed by atoms with Gasteiger partial charge in [0.15, 0.2) is 17.3 Å². The molecular weight excluding hydrogens is 466 g/mol. The Morgan fingerprint density at radius 3 is 2.57 bits per heavy atom. The van der Waals surface area contributed by atoms with Gasteiger partial charge in [0.1, 0.15) is 11.5 Å². The van der Waals surface area contributed by atoms with E-state index in [4.69, 9.17) is 14.2 Å². The molecule has 7 nitrogen and oxygen atoms in total. The Labute approximate surface area is 217 Å². The van der Waals surface area contributed by atoms with Crippen molar-refractivity contribution in [3.63, 3.8) is 0 Å². The zero-order valence-corrected chi connectivity index (χ0v) is 21.6. The fourth-order valence-electron chi connectivity index (χ4n) is 4.01. The number of pyridine rings is 1. The third-order valence-electron chi connectivity index (χ3n) is 5.85. The lowest BCUT2D eigenvalue weighted by atomic mass is 10.0. The molecule has 1 aromatic heterocycles. The van der Waals surface area contributed by atoms with Gasteiger partial charge in [-0.3, -0.25) is 14.8 Å². The molecule has 4 aromatic rings. The van der Waals surface area contributed by atoms with Crippen molar-refractivity contribution >= 4 is 23.0 Å². The summed E-state index contributed by atoms with van der Waals surface area (Å²) in [4.78, 5) is 23.8. The highest BCUT2D eigenvalue weighted by Gasteiger charge is 2.18. The van der Waals surface area contributed by atoms with Crippen molar-refractivity contribution in [2.75, 3.05) is 34.4 Å². The Morgan fingerprint density at radius 2 is 1.81 bits per heavy atom. The number of carbonyl (C=O) groups is 1. The van der Waals surface area contributed by atoms with Gasteiger partial charge in [0.05, 0.1) is 31.1 Å². The van der Waals surface area contributed by atoms with Crippen LogP contribution >= 0.6 is 0 Å². The van der Waals surface area contributed by atoms with Gasteiger partial charge < -0.3 is 19.1 Å². The molecule has 4 rings (SSSR count). The molecule has 0 fully saturated rings. The number of aliphatic imine (C=N–C) groups is 1. The summed E-state index contributed by atoms with van der Waals surface area (Å²) >= 11 is 0. The number of nitrogens with zero attached hydrogens (tertiary/aromatic N) is 3. The van der Waals surface area contributed by atoms with E-state index in [1.807, 2.05) is 67.4 Å². The number of ether oxygens (including phenoxy) is 3. The molecule has 3 aromatic carbocycles. The summed E-state index contributed by atoms with van der Waals surface area (Å²) in [6.07, 6.45) is 4.29. The standard InChI is InChI=1S/C30H31N3O4/c1-21-11-12-26(24(17-21)30(34)22-9-6-5-7-10-22)37-27-13-14-32-25-19-29(28(35-4)18-23(25)27)36-16-8-15-33(3)20-31-2/h5-7,9-14,17-20H,8,15-16H2,1-4H3. The topological polar surface area (TPSA) is 73.3 Å². The lowest BCUT2D eigenvalue weighted by Gasteiger charge is -2.16. The first kappa shape index (κ1) is 25.7. The van der Waals surface area contributed by atoms with Gasteiger partial charge in [-0.1, -0.05) is 42.0 Å². The second kappa shape index (κ2) is 12.0. The number of methoxy groups -OCH3 is 1. The van der Waals surface area contributed by atoms with E-state index in [1.54, 1.807) is 44.9 Å². The molecule has 0 amide bonds. The number of aryl methyl sites for hydroxylation is 1. The molecule has 0 aliphatic rings. The maximum absolute atomic E-state index is 13.3. The maximum atomic E-state index is 13.3. The van der Waals surface area contributed by atoms with Crippen LogP contribution in [0.1, 0.15) is 27.9 Å². The van der Waals surface area contributed by atoms with Crippen LogP contribution in [-0.4, -0.2) is 56.4 Å². The Bertz CT molecular complexity index is 1400. The quantitative estimate of drug-likeness (QED) is 0.111. The molecule has 0 spiro atoms. The lowest BCUT2D eigenvalue weighted by molar-refractivity contribution is 0.103. The molecule has 190 valence electrons. The number of carbonyl (C=O) groups excluding carboxylic acids is 1. The summed E-state index contributed by atoms with van der Waals surface area (Å²) in [5, 5.41) is 0.754. The highest BCUT2D eigenvalue weighted by atomic mass is 16.5. The molecule has 0 aliphatic carbocycles. The van der Waals surface area contributed by atoms with Crippen molar-refractivity contribution in [3.05, 3.63) is 89.6 Å². The van der Waals surface area contributed by atoms with Crippen molar-refractivity contribution in [3.8, 4) is 23.0 Å². The minimum Gasteiger partial charge on any atom is -0.493 e. The SMILES string of the molecule is CN=CN(C)CCCOc1cc2nccc(Oc3ccc(C)cc3C(=O)c3ccccc3)c2cc1OC. The molecule has 37 heavy (non-hydrogen) atoms. The largest absolute Gasteiger partial charge is 0.493 e. The summed E-state index contributed by atoms with van der Waals surface area (Å²) in [5.41, 5.74) is 2.78. The van der Waals surface area contributed by atoms with Crippen LogP contribution in [0.25, 0.3) is 10.9 Å². The molecule has 0 aliphatic heterocycles. The van der Waals surface area contributed by atoms with Gasteiger partial charge in [-0.25, -0.2) is 0 Å². The smallest absolute Gasteiger partial charge is 0.196 e. The van der Waals surface area contributed by atoms with Crippen molar-refractivity contribution in [1.82, 2.24) is 9.88 Å². The van der Waals surface area contributed by atoms with E-state index in [0.717, 1.165) is 23.9 Å². The van der Waals surface area contributed by atoms with E-state index in [-0.39, 0.29) is 5.78 Å². The van der Waals surface area contributed by atoms with Gasteiger partial charge in [-0.05, 0) is 37.6 Å². The van der Waals surface area contributed by atoms with Gasteiger partial charge in [-0.15, -0.1) is 0 Å². The molecule has 0 atom stereocenters. The average Bonchev–Trinajstić information content (AvgIpc) is 2.92. The average molecular weight is 498 g/mol. The number of fused-ring (bicyclic) bond motifs is 1. The van der Waals surface area contributed by atoms with Crippen molar-refractivity contribution in [1.29, 1.82) is 0 Å². The number of hydrogen-bond donors (Lipinski definition) is 0. The molecule has 7 heteroatoms. The van der Waals surface area contributed by atoms with Gasteiger partial charge in [0.25, 0.3) is 0 Å². The van der Waals surface area contributed by atoms with Gasteiger partial charge in [-0.2, -0.15) is 0 Å². The van der Waals surface area contributed by atoms with Crippen LogP contribution in [-0.2, 0) is 0 Å². The normalized spacial score (nSPS) is 11.0. The minimum absolute atomic E-state index is 0.0956. The van der Waals surface area contributed by atoms with Gasteiger partial charge in [0.2, 0.25) is 0 Å². The molecule has 0 saturated heterocycles. The minimum atomic E-state index is -0.0956. The molecular formula is C30H31N3O4. The van der Waals surface area contributed by atoms with E-state index in [2.05, 4.69) is 9.98 Å². The van der Waals surface area contributed by atoms with Crippen LogP contribution in [0.3, 0.4) is 0 Å². The predicted molar refractivity (Wildman–Crippen MR) is 147 cm³/mol. The van der Waals surface area contributed by atoms with Crippen molar-refractivity contribution < 1.29 is 19.0 Å². The van der Waals surface area contributed by atoms with E-state index in [9.17, 15) is 4.79 Å². The zero-order valence-electron chi connectivity index (χ0n) is 21.6. The summed E-state index contributed by atoms with van der Waals surface area (Å²) in [6, 6.07) is 20.3. The van der Waals surface area contributed by atoms with Crippen LogP contribution in [0.2, 0.25) is 0 Å². The predicted octanol–water partition coefficient (Wildman–Crippen LogP) is 5.93. The van der Waals surface area contributed by atoms with Crippen molar-refractivity contribution in [2.24, 2.45) is 4.99 Å². The molecule has 1 heterocycles. The summed E-state index contributed by atoms with van der Waals surface area (Å²) in [5.74, 6) is 2.15. The number of hydrogen-bond acceptors (Lipinski definition) is 6. The first-order valence-corrected chi connectivity index (χ1v) is 12.1. The van der Waals surface area contributed by atoms with Crippen LogP contribution in [0.5, 0.6) is 23.0 Å². The fourth-order valence-corrected chi connectivity index (χ4v) is 4.01. The van der Waals surface area contributed by atoms with Crippen LogP contribution in [0, 0.1) is 6.92 Å². The Kier molecular flexibility index (Phi) is 8.36. The highest BCUT2D eigenvalue weighted by Crippen LogP contribution is 2.38. The summed E-state index contributed by atoms with van der Waals surface area (Å²) in [7, 11) is 5.33. The molecule has 0 bridgehead atoms. The van der Waals surface area contributed by atoms with Gasteiger partial charge >= 0.3 is 0 Å². The number of benzene rings is 3. The Hall–Kier alpha value is -4.39. The Morgan fingerprint density at radius 1 is 1.00 bits per heavy atom. The summed E-state index contributed by atoms with van der Waals surface area (Å²) in [6.45, 7) is 3.30.